The number of carbonyl (C=O) groups is 1. The second kappa shape index (κ2) is 5.35. The Labute approximate surface area is 109 Å². The van der Waals surface area contributed by atoms with Gasteiger partial charge in [-0.3, -0.25) is 10.1 Å². The zero-order valence-corrected chi connectivity index (χ0v) is 10.5. The van der Waals surface area contributed by atoms with Crippen molar-refractivity contribution in [3.8, 4) is 0 Å². The lowest BCUT2D eigenvalue weighted by Gasteiger charge is -2.32. The Kier molecular flexibility index (Phi) is 3.81. The molecule has 0 unspecified atom stereocenters. The Morgan fingerprint density at radius 1 is 1.39 bits per heavy atom. The molecule has 6 heteroatoms. The molecule has 0 amide bonds. The largest absolute Gasteiger partial charge is 0.370 e. The van der Waals surface area contributed by atoms with Crippen molar-refractivity contribution in [2.24, 2.45) is 5.92 Å². The van der Waals surface area contributed by atoms with Crippen LogP contribution in [-0.2, 0) is 4.79 Å². The number of anilines is 1. The molecule has 18 heavy (non-hydrogen) atoms. The van der Waals surface area contributed by atoms with Crippen molar-refractivity contribution in [3.05, 3.63) is 33.3 Å². The van der Waals surface area contributed by atoms with Crippen LogP contribution in [0.25, 0.3) is 0 Å². The zero-order valence-electron chi connectivity index (χ0n) is 9.71. The maximum absolute atomic E-state index is 10.7. The maximum atomic E-state index is 10.7. The van der Waals surface area contributed by atoms with Crippen molar-refractivity contribution in [2.75, 3.05) is 18.0 Å². The molecule has 0 radical (unpaired) electrons. The van der Waals surface area contributed by atoms with E-state index in [-0.39, 0.29) is 11.6 Å². The molecular formula is C12H13ClN2O3. The van der Waals surface area contributed by atoms with Crippen molar-refractivity contribution < 1.29 is 9.72 Å². The molecule has 0 aromatic heterocycles. The first kappa shape index (κ1) is 12.8. The molecule has 0 saturated carbocycles. The Balaban J connectivity index is 2.14. The lowest BCUT2D eigenvalue weighted by molar-refractivity contribution is -0.384. The highest BCUT2D eigenvalue weighted by molar-refractivity contribution is 6.33. The molecule has 1 aliphatic rings. The van der Waals surface area contributed by atoms with Gasteiger partial charge in [0.25, 0.3) is 5.69 Å². The number of nitro benzene ring substituents is 1. The van der Waals surface area contributed by atoms with Gasteiger partial charge in [-0.25, -0.2) is 0 Å². The fraction of sp³-hybridized carbons (Fsp3) is 0.417. The minimum Gasteiger partial charge on any atom is -0.370 e. The third-order valence-electron chi connectivity index (χ3n) is 3.21. The van der Waals surface area contributed by atoms with Crippen LogP contribution in [0.5, 0.6) is 0 Å². The van der Waals surface area contributed by atoms with Crippen LogP contribution in [0.2, 0.25) is 5.02 Å². The first-order valence-corrected chi connectivity index (χ1v) is 6.14. The van der Waals surface area contributed by atoms with Crippen LogP contribution in [-0.4, -0.2) is 24.3 Å². The van der Waals surface area contributed by atoms with Gasteiger partial charge in [0, 0.05) is 31.1 Å². The number of rotatable bonds is 3. The topological polar surface area (TPSA) is 63.5 Å². The van der Waals surface area contributed by atoms with Gasteiger partial charge in [-0.2, -0.15) is 0 Å². The number of halogens is 1. The van der Waals surface area contributed by atoms with E-state index in [0.29, 0.717) is 5.02 Å². The van der Waals surface area contributed by atoms with E-state index >= 15 is 0 Å². The molecule has 0 atom stereocenters. The predicted octanol–water partition coefficient (Wildman–Crippen LogP) is 2.66. The third-order valence-corrected chi connectivity index (χ3v) is 3.52. The molecule has 1 aliphatic heterocycles. The van der Waals surface area contributed by atoms with Crippen molar-refractivity contribution in [2.45, 2.75) is 12.8 Å². The van der Waals surface area contributed by atoms with Crippen molar-refractivity contribution in [1.29, 1.82) is 0 Å². The number of nitrogens with zero attached hydrogens (tertiary/aromatic N) is 2. The molecule has 96 valence electrons. The van der Waals surface area contributed by atoms with Gasteiger partial charge in [-0.05, 0) is 18.9 Å². The lowest BCUT2D eigenvalue weighted by atomic mass is 9.98. The molecule has 5 nitrogen and oxygen atoms in total. The molecule has 1 saturated heterocycles. The van der Waals surface area contributed by atoms with Crippen LogP contribution in [0.1, 0.15) is 12.8 Å². The molecular weight excluding hydrogens is 256 g/mol. The summed E-state index contributed by atoms with van der Waals surface area (Å²) in [5.41, 5.74) is 0.790. The van der Waals surface area contributed by atoms with Gasteiger partial charge < -0.3 is 9.69 Å². The molecule has 0 spiro atoms. The van der Waals surface area contributed by atoms with E-state index in [2.05, 4.69) is 4.90 Å². The zero-order chi connectivity index (χ0) is 13.1. The van der Waals surface area contributed by atoms with Crippen LogP contribution >= 0.6 is 11.6 Å². The van der Waals surface area contributed by atoms with Crippen LogP contribution < -0.4 is 4.90 Å². The normalized spacial score (nSPS) is 16.6. The molecule has 0 aliphatic carbocycles. The Morgan fingerprint density at radius 3 is 2.56 bits per heavy atom. The van der Waals surface area contributed by atoms with E-state index in [1.54, 1.807) is 6.07 Å². The standard InChI is InChI=1S/C12H13ClN2O3/c13-11-7-10(15(17)18)1-2-12(11)14-5-3-9(8-16)4-6-14/h1-2,7-9H,3-6H2. The third kappa shape index (κ3) is 2.61. The van der Waals surface area contributed by atoms with E-state index < -0.39 is 4.92 Å². The summed E-state index contributed by atoms with van der Waals surface area (Å²) in [5, 5.41) is 11.0. The van der Waals surface area contributed by atoms with Gasteiger partial charge in [-0.1, -0.05) is 11.6 Å². The summed E-state index contributed by atoms with van der Waals surface area (Å²) in [5.74, 6) is 0.123. The number of hydrogen-bond donors (Lipinski definition) is 0. The highest BCUT2D eigenvalue weighted by atomic mass is 35.5. The van der Waals surface area contributed by atoms with Gasteiger partial charge in [-0.15, -0.1) is 0 Å². The van der Waals surface area contributed by atoms with E-state index in [4.69, 9.17) is 11.6 Å². The van der Waals surface area contributed by atoms with E-state index in [1.165, 1.54) is 12.1 Å². The van der Waals surface area contributed by atoms with E-state index in [1.807, 2.05) is 0 Å². The van der Waals surface area contributed by atoms with E-state index in [0.717, 1.165) is 37.9 Å². The Morgan fingerprint density at radius 2 is 2.06 bits per heavy atom. The maximum Gasteiger partial charge on any atom is 0.271 e. The van der Waals surface area contributed by atoms with Crippen molar-refractivity contribution in [3.63, 3.8) is 0 Å². The van der Waals surface area contributed by atoms with Crippen LogP contribution in [0.3, 0.4) is 0 Å². The smallest absolute Gasteiger partial charge is 0.271 e. The Hall–Kier alpha value is -1.62. The summed E-state index contributed by atoms with van der Waals surface area (Å²) in [4.78, 5) is 22.9. The number of non-ortho nitro benzene ring substituents is 1. The summed E-state index contributed by atoms with van der Waals surface area (Å²) in [7, 11) is 0. The minimum absolute atomic E-state index is 0.00784. The number of hydrogen-bond acceptors (Lipinski definition) is 4. The van der Waals surface area contributed by atoms with E-state index in [9.17, 15) is 14.9 Å². The number of nitro groups is 1. The highest BCUT2D eigenvalue weighted by Gasteiger charge is 2.21. The minimum atomic E-state index is -0.464. The molecule has 1 aromatic rings. The number of benzene rings is 1. The number of piperidine rings is 1. The average Bonchev–Trinajstić information content (AvgIpc) is 2.38. The number of carbonyl (C=O) groups excluding carboxylic acids is 1. The van der Waals surface area contributed by atoms with Gasteiger partial charge in [0.1, 0.15) is 6.29 Å². The second-order valence-electron chi connectivity index (χ2n) is 4.35. The molecule has 1 aromatic carbocycles. The number of aldehydes is 1. The summed E-state index contributed by atoms with van der Waals surface area (Å²) >= 11 is 6.06. The molecule has 0 N–H and O–H groups in total. The molecule has 1 fully saturated rings. The van der Waals surface area contributed by atoms with Gasteiger partial charge >= 0.3 is 0 Å². The second-order valence-corrected chi connectivity index (χ2v) is 4.76. The molecule has 1 heterocycles. The van der Waals surface area contributed by atoms with Crippen LogP contribution in [0.4, 0.5) is 11.4 Å². The van der Waals surface area contributed by atoms with Gasteiger partial charge in [0.05, 0.1) is 15.6 Å². The lowest BCUT2D eigenvalue weighted by Crippen LogP contribution is -2.34. The fourth-order valence-corrected chi connectivity index (χ4v) is 2.44. The quantitative estimate of drug-likeness (QED) is 0.480. The summed E-state index contributed by atoms with van der Waals surface area (Å²) in [6, 6.07) is 4.48. The molecule has 2 rings (SSSR count). The van der Waals surface area contributed by atoms with Crippen molar-refractivity contribution in [1.82, 2.24) is 0 Å². The van der Waals surface area contributed by atoms with Gasteiger partial charge in [0.2, 0.25) is 0 Å². The van der Waals surface area contributed by atoms with Gasteiger partial charge in [0.15, 0.2) is 0 Å². The Bertz CT molecular complexity index is 470. The SMILES string of the molecule is O=CC1CCN(c2ccc([N+](=O)[O-])cc2Cl)CC1. The van der Waals surface area contributed by atoms with Crippen LogP contribution in [0.15, 0.2) is 18.2 Å². The van der Waals surface area contributed by atoms with Crippen molar-refractivity contribution >= 4 is 29.3 Å². The average molecular weight is 269 g/mol. The summed E-state index contributed by atoms with van der Waals surface area (Å²) < 4.78 is 0. The fourth-order valence-electron chi connectivity index (χ4n) is 2.14. The summed E-state index contributed by atoms with van der Waals surface area (Å²) in [6.07, 6.45) is 2.60. The predicted molar refractivity (Wildman–Crippen MR) is 69.1 cm³/mol. The monoisotopic (exact) mass is 268 g/mol. The summed E-state index contributed by atoms with van der Waals surface area (Å²) in [6.45, 7) is 1.50. The first-order valence-electron chi connectivity index (χ1n) is 5.76. The molecule has 0 bridgehead atoms. The highest BCUT2D eigenvalue weighted by Crippen LogP contribution is 2.32. The van der Waals surface area contributed by atoms with Crippen LogP contribution in [0, 0.1) is 16.0 Å². The first-order chi connectivity index (χ1) is 8.61.